The average molecular weight is 355 g/mol. The molecule has 0 fully saturated rings. The number of benzene rings is 1. The number of rotatable bonds is 4. The molecular weight excluding hydrogens is 344 g/mol. The molecule has 0 radical (unpaired) electrons. The number of halogens is 1. The number of fused-ring (bicyclic) bond motifs is 1. The van der Waals surface area contributed by atoms with Crippen LogP contribution in [0.15, 0.2) is 22.7 Å². The highest BCUT2D eigenvalue weighted by Gasteiger charge is 2.38. The predicted octanol–water partition coefficient (Wildman–Crippen LogP) is 0.634. The van der Waals surface area contributed by atoms with E-state index in [0.717, 1.165) is 11.8 Å². The summed E-state index contributed by atoms with van der Waals surface area (Å²) in [6.07, 6.45) is 0. The summed E-state index contributed by atoms with van der Waals surface area (Å²) in [5.41, 5.74) is 0.427. The first-order valence-corrected chi connectivity index (χ1v) is 6.76. The number of carboxylic acid groups (broad SMARTS) is 1. The van der Waals surface area contributed by atoms with Gasteiger partial charge in [-0.2, -0.15) is 0 Å². The van der Waals surface area contributed by atoms with Crippen molar-refractivity contribution in [2.24, 2.45) is 0 Å². The summed E-state index contributed by atoms with van der Waals surface area (Å²) in [6, 6.07) is 3.28. The minimum absolute atomic E-state index is 0.210. The van der Waals surface area contributed by atoms with Gasteiger partial charge in [0, 0.05) is 11.4 Å². The van der Waals surface area contributed by atoms with Gasteiger partial charge in [-0.3, -0.25) is 19.3 Å². The molecule has 1 heterocycles. The highest BCUT2D eigenvalue weighted by molar-refractivity contribution is 9.10. The topological polar surface area (TPSA) is 104 Å². The van der Waals surface area contributed by atoms with Gasteiger partial charge in [0.25, 0.3) is 11.8 Å². The van der Waals surface area contributed by atoms with Crippen LogP contribution >= 0.6 is 15.9 Å². The van der Waals surface area contributed by atoms with Crippen LogP contribution in [0.5, 0.6) is 0 Å². The fourth-order valence-corrected chi connectivity index (χ4v) is 2.40. The Morgan fingerprint density at radius 1 is 1.29 bits per heavy atom. The number of hydrogen-bond acceptors (Lipinski definition) is 4. The van der Waals surface area contributed by atoms with Crippen LogP contribution in [0.4, 0.5) is 0 Å². The van der Waals surface area contributed by atoms with Gasteiger partial charge in [-0.15, -0.1) is 0 Å². The Kier molecular flexibility index (Phi) is 4.08. The highest BCUT2D eigenvalue weighted by Crippen LogP contribution is 2.26. The van der Waals surface area contributed by atoms with E-state index in [1.54, 1.807) is 6.07 Å². The van der Waals surface area contributed by atoms with Crippen molar-refractivity contribution in [2.45, 2.75) is 13.0 Å². The SMILES string of the molecule is CC(=O)NC(CN1C(=O)c2ccc(Br)cc2C1=O)C(=O)O. The van der Waals surface area contributed by atoms with E-state index >= 15 is 0 Å². The lowest BCUT2D eigenvalue weighted by atomic mass is 10.1. The maximum Gasteiger partial charge on any atom is 0.328 e. The number of carboxylic acids is 1. The highest BCUT2D eigenvalue weighted by atomic mass is 79.9. The third kappa shape index (κ3) is 2.94. The van der Waals surface area contributed by atoms with Crippen LogP contribution in [0.2, 0.25) is 0 Å². The van der Waals surface area contributed by atoms with Gasteiger partial charge in [-0.05, 0) is 18.2 Å². The maximum absolute atomic E-state index is 12.2. The molecule has 1 atom stereocenters. The van der Waals surface area contributed by atoms with E-state index in [-0.39, 0.29) is 11.1 Å². The second-order valence-corrected chi connectivity index (χ2v) is 5.42. The van der Waals surface area contributed by atoms with Crippen LogP contribution in [0, 0.1) is 0 Å². The van der Waals surface area contributed by atoms with Gasteiger partial charge in [0.1, 0.15) is 6.04 Å². The van der Waals surface area contributed by atoms with Crippen LogP contribution in [-0.4, -0.2) is 46.3 Å². The zero-order valence-corrected chi connectivity index (χ0v) is 12.5. The van der Waals surface area contributed by atoms with E-state index in [2.05, 4.69) is 21.2 Å². The van der Waals surface area contributed by atoms with Crippen molar-refractivity contribution < 1.29 is 24.3 Å². The van der Waals surface area contributed by atoms with Crippen LogP contribution in [0.1, 0.15) is 27.6 Å². The predicted molar refractivity (Wildman–Crippen MR) is 74.7 cm³/mol. The molecule has 1 aromatic rings. The third-order valence-electron chi connectivity index (χ3n) is 2.97. The van der Waals surface area contributed by atoms with Crippen molar-refractivity contribution in [3.05, 3.63) is 33.8 Å². The Bertz CT molecular complexity index is 658. The number of aliphatic carboxylic acids is 1. The number of imide groups is 1. The van der Waals surface area contributed by atoms with Crippen LogP contribution < -0.4 is 5.32 Å². The molecule has 110 valence electrons. The molecule has 2 rings (SSSR count). The van der Waals surface area contributed by atoms with Gasteiger partial charge in [-0.25, -0.2) is 4.79 Å². The first-order valence-electron chi connectivity index (χ1n) is 5.97. The molecule has 21 heavy (non-hydrogen) atoms. The van der Waals surface area contributed by atoms with Gasteiger partial charge in [0.05, 0.1) is 17.7 Å². The monoisotopic (exact) mass is 354 g/mol. The minimum atomic E-state index is -1.34. The number of hydrogen-bond donors (Lipinski definition) is 2. The summed E-state index contributed by atoms with van der Waals surface area (Å²) in [5, 5.41) is 11.2. The fourth-order valence-electron chi connectivity index (χ4n) is 2.04. The Hall–Kier alpha value is -2.22. The van der Waals surface area contributed by atoms with E-state index in [0.29, 0.717) is 4.47 Å². The van der Waals surface area contributed by atoms with Gasteiger partial charge < -0.3 is 10.4 Å². The molecule has 0 saturated carbocycles. The smallest absolute Gasteiger partial charge is 0.328 e. The molecule has 0 saturated heterocycles. The summed E-state index contributed by atoms with van der Waals surface area (Å²) in [5.74, 6) is -3.02. The van der Waals surface area contributed by atoms with Crippen molar-refractivity contribution in [3.63, 3.8) is 0 Å². The molecule has 0 aromatic heterocycles. The molecular formula is C13H11BrN2O5. The number of nitrogens with one attached hydrogen (secondary N) is 1. The van der Waals surface area contributed by atoms with E-state index < -0.39 is 36.3 Å². The average Bonchev–Trinajstić information content (AvgIpc) is 2.62. The fraction of sp³-hybridized carbons (Fsp3) is 0.231. The summed E-state index contributed by atoms with van der Waals surface area (Å²) < 4.78 is 0.640. The molecule has 2 N–H and O–H groups in total. The zero-order chi connectivity index (χ0) is 15.7. The molecule has 0 bridgehead atoms. The Morgan fingerprint density at radius 2 is 1.90 bits per heavy atom. The second-order valence-electron chi connectivity index (χ2n) is 4.50. The molecule has 0 spiro atoms. The molecule has 1 unspecified atom stereocenters. The van der Waals surface area contributed by atoms with Crippen molar-refractivity contribution in [2.75, 3.05) is 6.54 Å². The number of nitrogens with zero attached hydrogens (tertiary/aromatic N) is 1. The molecule has 1 aliphatic heterocycles. The van der Waals surface area contributed by atoms with Gasteiger partial charge >= 0.3 is 5.97 Å². The number of carbonyl (C=O) groups is 4. The van der Waals surface area contributed by atoms with Gasteiger partial charge in [-0.1, -0.05) is 15.9 Å². The number of carbonyl (C=O) groups excluding carboxylic acids is 3. The molecule has 1 aliphatic rings. The van der Waals surface area contributed by atoms with Crippen molar-refractivity contribution in [3.8, 4) is 0 Å². The van der Waals surface area contributed by atoms with Crippen molar-refractivity contribution in [1.29, 1.82) is 0 Å². The Morgan fingerprint density at radius 3 is 2.48 bits per heavy atom. The Balaban J connectivity index is 2.26. The summed E-state index contributed by atoms with van der Waals surface area (Å²) in [7, 11) is 0. The summed E-state index contributed by atoms with van der Waals surface area (Å²) in [6.45, 7) is 0.744. The van der Waals surface area contributed by atoms with Crippen LogP contribution in [-0.2, 0) is 9.59 Å². The largest absolute Gasteiger partial charge is 0.480 e. The van der Waals surface area contributed by atoms with E-state index in [1.165, 1.54) is 12.1 Å². The lowest BCUT2D eigenvalue weighted by Gasteiger charge is -2.19. The minimum Gasteiger partial charge on any atom is -0.480 e. The van der Waals surface area contributed by atoms with Crippen molar-refractivity contribution >= 4 is 39.6 Å². The van der Waals surface area contributed by atoms with Gasteiger partial charge in [0.15, 0.2) is 0 Å². The van der Waals surface area contributed by atoms with Crippen LogP contribution in [0.25, 0.3) is 0 Å². The first kappa shape index (κ1) is 15.2. The molecule has 3 amide bonds. The third-order valence-corrected chi connectivity index (χ3v) is 3.47. The normalized spacial score (nSPS) is 14.9. The maximum atomic E-state index is 12.2. The lowest BCUT2D eigenvalue weighted by molar-refractivity contribution is -0.141. The van der Waals surface area contributed by atoms with E-state index in [1.807, 2.05) is 0 Å². The lowest BCUT2D eigenvalue weighted by Crippen LogP contribution is -2.49. The molecule has 8 heteroatoms. The second kappa shape index (κ2) is 5.65. The van der Waals surface area contributed by atoms with E-state index in [9.17, 15) is 19.2 Å². The summed E-state index contributed by atoms with van der Waals surface area (Å²) in [4.78, 5) is 47.2. The van der Waals surface area contributed by atoms with Gasteiger partial charge in [0.2, 0.25) is 5.91 Å². The molecule has 7 nitrogen and oxygen atoms in total. The number of amides is 3. The van der Waals surface area contributed by atoms with Crippen molar-refractivity contribution in [1.82, 2.24) is 10.2 Å². The quantitative estimate of drug-likeness (QED) is 0.772. The van der Waals surface area contributed by atoms with E-state index in [4.69, 9.17) is 5.11 Å². The first-order chi connectivity index (χ1) is 9.81. The Labute approximate surface area is 128 Å². The van der Waals surface area contributed by atoms with Crippen LogP contribution in [0.3, 0.4) is 0 Å². The standard InChI is InChI=1S/C13H11BrN2O5/c1-6(17)15-10(13(20)21)5-16-11(18)8-3-2-7(14)4-9(8)12(16)19/h2-4,10H,5H2,1H3,(H,15,17)(H,20,21). The summed E-state index contributed by atoms with van der Waals surface area (Å²) >= 11 is 3.21. The molecule has 0 aliphatic carbocycles. The zero-order valence-electron chi connectivity index (χ0n) is 10.9. The molecule has 1 aromatic carbocycles.